The van der Waals surface area contributed by atoms with Crippen LogP contribution in [0.2, 0.25) is 0 Å². The third kappa shape index (κ3) is 3.37. The summed E-state index contributed by atoms with van der Waals surface area (Å²) in [6.07, 6.45) is 2.02. The Bertz CT molecular complexity index is 1030. The molecule has 1 aliphatic heterocycles. The Morgan fingerprint density at radius 2 is 1.85 bits per heavy atom. The summed E-state index contributed by atoms with van der Waals surface area (Å²) in [6, 6.07) is 11.5. The number of carbonyl (C=O) groups is 1. The van der Waals surface area contributed by atoms with Gasteiger partial charge in [-0.2, -0.15) is 10.2 Å². The van der Waals surface area contributed by atoms with Gasteiger partial charge >= 0.3 is 0 Å². The van der Waals surface area contributed by atoms with Crippen LogP contribution in [0.25, 0.3) is 16.8 Å². The first-order chi connectivity index (χ1) is 13.0. The van der Waals surface area contributed by atoms with E-state index >= 15 is 0 Å². The topological polar surface area (TPSA) is 72.5 Å². The average molecular weight is 365 g/mol. The van der Waals surface area contributed by atoms with Crippen LogP contribution in [0, 0.1) is 12.8 Å². The monoisotopic (exact) mass is 365 g/mol. The Morgan fingerprint density at radius 3 is 2.56 bits per heavy atom. The first-order valence-electron chi connectivity index (χ1n) is 9.33. The molecule has 1 aliphatic rings. The first-order valence-corrected chi connectivity index (χ1v) is 9.33. The Hall–Kier alpha value is -2.96. The van der Waals surface area contributed by atoms with Gasteiger partial charge in [-0.05, 0) is 31.7 Å². The van der Waals surface area contributed by atoms with Gasteiger partial charge in [0, 0.05) is 18.7 Å². The first kappa shape index (κ1) is 17.5. The van der Waals surface area contributed by atoms with Crippen LogP contribution in [-0.4, -0.2) is 43.3 Å². The van der Waals surface area contributed by atoms with Crippen molar-refractivity contribution in [3.05, 3.63) is 52.6 Å². The maximum atomic E-state index is 12.9. The van der Waals surface area contributed by atoms with E-state index in [9.17, 15) is 9.59 Å². The van der Waals surface area contributed by atoms with Crippen LogP contribution in [-0.2, 0) is 11.3 Å². The molecule has 0 aliphatic carbocycles. The standard InChI is InChI=1S/C20H23N5O2/c1-14-8-10-23(11-9-14)19(26)13-24-20(27)18-12-17(16-6-4-3-5-7-16)22-25(18)15(2)21-24/h3-7,12,14H,8-11,13H2,1-2H3. The molecule has 0 N–H and O–H groups in total. The van der Waals surface area contributed by atoms with Crippen LogP contribution >= 0.6 is 0 Å². The molecule has 1 aromatic carbocycles. The zero-order chi connectivity index (χ0) is 19.0. The molecular formula is C20H23N5O2. The highest BCUT2D eigenvalue weighted by Crippen LogP contribution is 2.19. The van der Waals surface area contributed by atoms with Gasteiger partial charge in [0.25, 0.3) is 5.56 Å². The van der Waals surface area contributed by atoms with E-state index < -0.39 is 0 Å². The van der Waals surface area contributed by atoms with Gasteiger partial charge in [-0.25, -0.2) is 9.20 Å². The molecular weight excluding hydrogens is 342 g/mol. The second-order valence-electron chi connectivity index (χ2n) is 7.27. The van der Waals surface area contributed by atoms with Crippen LogP contribution in [0.1, 0.15) is 25.6 Å². The van der Waals surface area contributed by atoms with Gasteiger partial charge < -0.3 is 4.90 Å². The van der Waals surface area contributed by atoms with Crippen molar-refractivity contribution in [2.45, 2.75) is 33.2 Å². The average Bonchev–Trinajstić information content (AvgIpc) is 3.13. The van der Waals surface area contributed by atoms with E-state index in [1.807, 2.05) is 35.2 Å². The van der Waals surface area contributed by atoms with Crippen LogP contribution in [0.3, 0.4) is 0 Å². The highest BCUT2D eigenvalue weighted by Gasteiger charge is 2.22. The Balaban J connectivity index is 1.65. The van der Waals surface area contributed by atoms with Crippen molar-refractivity contribution < 1.29 is 4.79 Å². The van der Waals surface area contributed by atoms with Crippen molar-refractivity contribution in [1.29, 1.82) is 0 Å². The number of piperidine rings is 1. The third-order valence-corrected chi connectivity index (χ3v) is 5.23. The molecule has 1 amide bonds. The highest BCUT2D eigenvalue weighted by molar-refractivity contribution is 5.76. The van der Waals surface area contributed by atoms with E-state index in [2.05, 4.69) is 17.1 Å². The molecule has 7 nitrogen and oxygen atoms in total. The molecule has 0 bridgehead atoms. The predicted octanol–water partition coefficient (Wildman–Crippen LogP) is 2.12. The number of amides is 1. The minimum absolute atomic E-state index is 0.0313. The van der Waals surface area contributed by atoms with Crippen LogP contribution in [0.15, 0.2) is 41.2 Å². The number of hydrogen-bond acceptors (Lipinski definition) is 4. The number of aromatic nitrogens is 4. The number of carbonyl (C=O) groups excluding carboxylic acids is 1. The quantitative estimate of drug-likeness (QED) is 0.713. The molecule has 140 valence electrons. The van der Waals surface area contributed by atoms with Gasteiger partial charge in [0.1, 0.15) is 17.9 Å². The minimum atomic E-state index is -0.297. The van der Waals surface area contributed by atoms with Crippen LogP contribution in [0.5, 0.6) is 0 Å². The summed E-state index contributed by atoms with van der Waals surface area (Å²) in [6.45, 7) is 5.46. The molecule has 7 heteroatoms. The zero-order valence-corrected chi connectivity index (χ0v) is 15.6. The van der Waals surface area contributed by atoms with E-state index in [-0.39, 0.29) is 18.0 Å². The summed E-state index contributed by atoms with van der Waals surface area (Å²) in [5, 5.41) is 8.82. The molecule has 1 saturated heterocycles. The summed E-state index contributed by atoms with van der Waals surface area (Å²) < 4.78 is 2.82. The molecule has 0 spiro atoms. The SMILES string of the molecule is Cc1nn(CC(=O)N2CCC(C)CC2)c(=O)c2cc(-c3ccccc3)nn12. The smallest absolute Gasteiger partial charge is 0.293 e. The normalized spacial score (nSPS) is 15.4. The lowest BCUT2D eigenvalue weighted by Crippen LogP contribution is -2.42. The molecule has 27 heavy (non-hydrogen) atoms. The van der Waals surface area contributed by atoms with Crippen LogP contribution < -0.4 is 5.56 Å². The van der Waals surface area contributed by atoms with Crippen molar-refractivity contribution >= 4 is 11.4 Å². The van der Waals surface area contributed by atoms with Crippen molar-refractivity contribution in [3.8, 4) is 11.3 Å². The fraction of sp³-hybridized carbons (Fsp3) is 0.400. The number of rotatable bonds is 3. The van der Waals surface area contributed by atoms with Gasteiger partial charge in [0.15, 0.2) is 0 Å². The maximum Gasteiger partial charge on any atom is 0.293 e. The highest BCUT2D eigenvalue weighted by atomic mass is 16.2. The second-order valence-corrected chi connectivity index (χ2v) is 7.27. The minimum Gasteiger partial charge on any atom is -0.341 e. The third-order valence-electron chi connectivity index (χ3n) is 5.23. The molecule has 3 heterocycles. The predicted molar refractivity (Wildman–Crippen MR) is 102 cm³/mol. The van der Waals surface area contributed by atoms with Gasteiger partial charge in [-0.15, -0.1) is 0 Å². The Labute approximate surface area is 157 Å². The van der Waals surface area contributed by atoms with Crippen LogP contribution in [0.4, 0.5) is 0 Å². The number of benzene rings is 1. The zero-order valence-electron chi connectivity index (χ0n) is 15.6. The van der Waals surface area contributed by atoms with Gasteiger partial charge in [0.05, 0.1) is 5.69 Å². The van der Waals surface area contributed by atoms with Crippen molar-refractivity contribution in [2.24, 2.45) is 5.92 Å². The van der Waals surface area contributed by atoms with Gasteiger partial charge in [-0.1, -0.05) is 37.3 Å². The molecule has 0 unspecified atom stereocenters. The molecule has 3 aromatic rings. The summed E-state index contributed by atoms with van der Waals surface area (Å²) in [4.78, 5) is 27.3. The largest absolute Gasteiger partial charge is 0.341 e. The molecule has 4 rings (SSSR count). The van der Waals surface area contributed by atoms with Gasteiger partial charge in [-0.3, -0.25) is 9.59 Å². The number of fused-ring (bicyclic) bond motifs is 1. The number of hydrogen-bond donors (Lipinski definition) is 0. The maximum absolute atomic E-state index is 12.9. The summed E-state index contributed by atoms with van der Waals surface area (Å²) >= 11 is 0. The summed E-state index contributed by atoms with van der Waals surface area (Å²) in [5.41, 5.74) is 1.78. The molecule has 0 radical (unpaired) electrons. The van der Waals surface area contributed by atoms with E-state index in [0.29, 0.717) is 23.0 Å². The number of likely N-dealkylation sites (tertiary alicyclic amines) is 1. The van der Waals surface area contributed by atoms with Crippen molar-refractivity contribution in [3.63, 3.8) is 0 Å². The molecule has 0 atom stereocenters. The number of nitrogens with zero attached hydrogens (tertiary/aromatic N) is 5. The van der Waals surface area contributed by atoms with Crippen molar-refractivity contribution in [2.75, 3.05) is 13.1 Å². The lowest BCUT2D eigenvalue weighted by Gasteiger charge is -2.30. The lowest BCUT2D eigenvalue weighted by atomic mass is 9.99. The van der Waals surface area contributed by atoms with E-state index in [4.69, 9.17) is 0 Å². The van der Waals surface area contributed by atoms with Crippen molar-refractivity contribution in [1.82, 2.24) is 24.3 Å². The Morgan fingerprint density at radius 1 is 1.15 bits per heavy atom. The Kier molecular flexibility index (Phi) is 4.51. The molecule has 0 saturated carbocycles. The number of aryl methyl sites for hydroxylation is 1. The second kappa shape index (κ2) is 6.98. The molecule has 2 aromatic heterocycles. The molecule has 1 fully saturated rings. The lowest BCUT2D eigenvalue weighted by molar-refractivity contribution is -0.133. The van der Waals surface area contributed by atoms with Gasteiger partial charge in [0.2, 0.25) is 5.91 Å². The fourth-order valence-corrected chi connectivity index (χ4v) is 3.52. The fourth-order valence-electron chi connectivity index (χ4n) is 3.52. The van der Waals surface area contributed by atoms with E-state index in [1.54, 1.807) is 17.5 Å². The van der Waals surface area contributed by atoms with E-state index in [1.165, 1.54) is 4.68 Å². The van der Waals surface area contributed by atoms with E-state index in [0.717, 1.165) is 31.5 Å². The summed E-state index contributed by atoms with van der Waals surface area (Å²) in [5.74, 6) is 1.17. The summed E-state index contributed by atoms with van der Waals surface area (Å²) in [7, 11) is 0.